The number of nitrogens with zero attached hydrogens (tertiary/aromatic N) is 1. The van der Waals surface area contributed by atoms with Gasteiger partial charge in [-0.2, -0.15) is 0 Å². The highest BCUT2D eigenvalue weighted by atomic mass is 35.5. The average molecular weight is 442 g/mol. The van der Waals surface area contributed by atoms with Crippen LogP contribution in [0, 0.1) is 18.8 Å². The lowest BCUT2D eigenvalue weighted by molar-refractivity contribution is -0.287. The monoisotopic (exact) mass is 441 g/mol. The van der Waals surface area contributed by atoms with Gasteiger partial charge in [0.25, 0.3) is 0 Å². The van der Waals surface area contributed by atoms with E-state index in [1.54, 1.807) is 6.92 Å². The molecule has 1 saturated heterocycles. The molecular weight excluding hydrogens is 422 g/mol. The Kier molecular flexibility index (Phi) is 5.56. The Morgan fingerprint density at radius 2 is 1.90 bits per heavy atom. The first-order valence-corrected chi connectivity index (χ1v) is 9.70. The molecule has 30 heavy (non-hydrogen) atoms. The number of hydrogen-bond acceptors (Lipinski definition) is 10. The third kappa shape index (κ3) is 3.82. The van der Waals surface area contributed by atoms with E-state index in [4.69, 9.17) is 25.5 Å². The van der Waals surface area contributed by atoms with Crippen molar-refractivity contribution in [2.24, 2.45) is 11.8 Å². The zero-order valence-electron chi connectivity index (χ0n) is 15.8. The highest BCUT2D eigenvalue weighted by molar-refractivity contribution is 6.35. The highest BCUT2D eigenvalue weighted by Crippen LogP contribution is 2.43. The van der Waals surface area contributed by atoms with Crippen LogP contribution in [0.25, 0.3) is 11.1 Å². The largest absolute Gasteiger partial charge is 0.463 e. The van der Waals surface area contributed by atoms with E-state index in [0.717, 1.165) is 0 Å². The van der Waals surface area contributed by atoms with Crippen molar-refractivity contribution in [3.63, 3.8) is 0 Å². The van der Waals surface area contributed by atoms with Crippen LogP contribution < -0.4 is 0 Å². The maximum absolute atomic E-state index is 12.7. The number of aliphatic hydroxyl groups is 4. The second-order valence-corrected chi connectivity index (χ2v) is 7.92. The van der Waals surface area contributed by atoms with Crippen molar-refractivity contribution < 1.29 is 43.9 Å². The quantitative estimate of drug-likeness (QED) is 0.366. The minimum Gasteiger partial charge on any atom is -0.463 e. The molecule has 2 aromatic rings. The molecule has 1 aromatic carbocycles. The second-order valence-electron chi connectivity index (χ2n) is 7.52. The molecule has 10 nitrogen and oxygen atoms in total. The fourth-order valence-electron chi connectivity index (χ4n) is 3.54. The molecular formula is C19H20ClNO9. The van der Waals surface area contributed by atoms with Crippen LogP contribution >= 0.6 is 11.6 Å². The number of carbonyl (C=O) groups is 2. The van der Waals surface area contributed by atoms with E-state index in [1.807, 2.05) is 0 Å². The number of aryl methyl sites for hydroxylation is 1. The Bertz CT molecular complexity index is 992. The highest BCUT2D eigenvalue weighted by Gasteiger charge is 2.50. The van der Waals surface area contributed by atoms with Crippen molar-refractivity contribution in [1.82, 2.24) is 4.98 Å². The Morgan fingerprint density at radius 1 is 1.17 bits per heavy atom. The van der Waals surface area contributed by atoms with Gasteiger partial charge in [0.15, 0.2) is 23.5 Å². The smallest absolute Gasteiger partial charge is 0.309 e. The van der Waals surface area contributed by atoms with E-state index in [1.165, 1.54) is 12.1 Å². The molecule has 0 amide bonds. The molecule has 0 bridgehead atoms. The Hall–Kier alpha value is -2.08. The molecule has 11 heteroatoms. The number of ether oxygens (including phenoxy) is 2. The number of benzene rings is 1. The summed E-state index contributed by atoms with van der Waals surface area (Å²) in [5.41, 5.74) is 1.14. The third-order valence-electron chi connectivity index (χ3n) is 5.35. The number of esters is 1. The van der Waals surface area contributed by atoms with Gasteiger partial charge in [0.2, 0.25) is 0 Å². The summed E-state index contributed by atoms with van der Waals surface area (Å²) < 4.78 is 15.5. The van der Waals surface area contributed by atoms with Crippen LogP contribution in [0.4, 0.5) is 0 Å². The first kappa shape index (κ1) is 21.2. The van der Waals surface area contributed by atoms with Crippen LogP contribution in [0.2, 0.25) is 5.02 Å². The fraction of sp³-hybridized carbons (Fsp3) is 0.526. The van der Waals surface area contributed by atoms with E-state index < -0.39 is 55.1 Å². The number of aromatic nitrogens is 1. The third-order valence-corrected chi connectivity index (χ3v) is 5.63. The van der Waals surface area contributed by atoms with Gasteiger partial charge in [-0.15, -0.1) is 0 Å². The first-order valence-electron chi connectivity index (χ1n) is 9.32. The molecule has 2 aliphatic rings. The summed E-state index contributed by atoms with van der Waals surface area (Å²) in [4.78, 5) is 29.1. The van der Waals surface area contributed by atoms with Crippen molar-refractivity contribution >= 4 is 34.5 Å². The Balaban J connectivity index is 1.36. The van der Waals surface area contributed by atoms with E-state index >= 15 is 0 Å². The maximum atomic E-state index is 12.7. The number of carbonyl (C=O) groups excluding carboxylic acids is 2. The summed E-state index contributed by atoms with van der Waals surface area (Å²) in [6.45, 7) is 1.21. The molecule has 162 valence electrons. The first-order chi connectivity index (χ1) is 14.2. The van der Waals surface area contributed by atoms with Crippen LogP contribution in [0.1, 0.15) is 22.7 Å². The van der Waals surface area contributed by atoms with Crippen molar-refractivity contribution in [3.05, 3.63) is 28.6 Å². The molecule has 4 rings (SSSR count). The minimum atomic E-state index is -1.72. The molecule has 0 spiro atoms. The maximum Gasteiger partial charge on any atom is 0.309 e. The Labute approximate surface area is 175 Å². The molecule has 1 aliphatic heterocycles. The number of ketones is 1. The van der Waals surface area contributed by atoms with E-state index in [9.17, 15) is 30.0 Å². The number of halogens is 1. The number of Topliss-reactive ketones (excluding diaryl/α,β-unsaturated/α-hetero) is 1. The van der Waals surface area contributed by atoms with E-state index in [0.29, 0.717) is 29.0 Å². The van der Waals surface area contributed by atoms with Crippen molar-refractivity contribution in [1.29, 1.82) is 0 Å². The minimum absolute atomic E-state index is 0.273. The number of aliphatic hydroxyl groups excluding tert-OH is 4. The van der Waals surface area contributed by atoms with Gasteiger partial charge in [-0.25, -0.2) is 4.98 Å². The standard InChI is InChI=1S/C19H20ClNO9/c1-6-21-13-10(20)2-7(3-11(13)29-6)14(22)8-4-9(8)18(26)28-5-12-15(23)16(24)17(25)19(27)30-12/h2-3,8-9,12,15-17,19,23-25,27H,4-5H2,1H3/t8-,9-,12+,15-,16-,17+,19-/m0/s1. The summed E-state index contributed by atoms with van der Waals surface area (Å²) in [5, 5.41) is 38.8. The molecule has 2 heterocycles. The number of oxazole rings is 1. The molecule has 7 atom stereocenters. The lowest BCUT2D eigenvalue weighted by atomic mass is 9.99. The average Bonchev–Trinajstić information content (AvgIpc) is 3.42. The predicted molar refractivity (Wildman–Crippen MR) is 99.5 cm³/mol. The zero-order chi connectivity index (χ0) is 21.7. The number of rotatable bonds is 5. The number of hydrogen-bond donors (Lipinski definition) is 4. The van der Waals surface area contributed by atoms with Crippen LogP contribution in [0.3, 0.4) is 0 Å². The van der Waals surface area contributed by atoms with Crippen LogP contribution in [0.5, 0.6) is 0 Å². The number of fused-ring (bicyclic) bond motifs is 1. The molecule has 2 fully saturated rings. The van der Waals surface area contributed by atoms with Gasteiger partial charge in [0.1, 0.15) is 36.5 Å². The molecule has 1 aliphatic carbocycles. The molecule has 1 saturated carbocycles. The topological polar surface area (TPSA) is 160 Å². The van der Waals surface area contributed by atoms with Gasteiger partial charge in [0.05, 0.1) is 10.9 Å². The molecule has 0 radical (unpaired) electrons. The lowest BCUT2D eigenvalue weighted by Gasteiger charge is -2.37. The van der Waals surface area contributed by atoms with E-state index in [2.05, 4.69) is 4.98 Å². The molecule has 4 N–H and O–H groups in total. The van der Waals surface area contributed by atoms with Crippen LogP contribution in [-0.2, 0) is 14.3 Å². The summed E-state index contributed by atoms with van der Waals surface area (Å²) in [5.74, 6) is -1.77. The van der Waals surface area contributed by atoms with Gasteiger partial charge < -0.3 is 34.3 Å². The van der Waals surface area contributed by atoms with Crippen LogP contribution in [0.15, 0.2) is 16.5 Å². The summed E-state index contributed by atoms with van der Waals surface area (Å²) in [7, 11) is 0. The van der Waals surface area contributed by atoms with E-state index in [-0.39, 0.29) is 10.8 Å². The van der Waals surface area contributed by atoms with Gasteiger partial charge in [-0.3, -0.25) is 9.59 Å². The van der Waals surface area contributed by atoms with Gasteiger partial charge in [-0.05, 0) is 18.6 Å². The van der Waals surface area contributed by atoms with Crippen LogP contribution in [-0.4, -0.2) is 74.5 Å². The predicted octanol–water partition coefficient (Wildman–Crippen LogP) is -0.0485. The van der Waals surface area contributed by atoms with Gasteiger partial charge >= 0.3 is 5.97 Å². The second kappa shape index (κ2) is 7.88. The Morgan fingerprint density at radius 3 is 2.63 bits per heavy atom. The zero-order valence-corrected chi connectivity index (χ0v) is 16.5. The van der Waals surface area contributed by atoms with Crippen molar-refractivity contribution in [3.8, 4) is 0 Å². The van der Waals surface area contributed by atoms with Gasteiger partial charge in [-0.1, -0.05) is 11.6 Å². The summed E-state index contributed by atoms with van der Waals surface area (Å²) in [6, 6.07) is 3.01. The van der Waals surface area contributed by atoms with Crippen molar-refractivity contribution in [2.45, 2.75) is 44.1 Å². The SMILES string of the molecule is Cc1nc2c(Cl)cc(C(=O)[C@H]3C[C@@H]3C(=O)OC[C@H]3O[C@H](O)[C@H](O)[C@@H](O)[C@H]3O)cc2o1. The summed E-state index contributed by atoms with van der Waals surface area (Å²) >= 11 is 6.16. The fourth-order valence-corrected chi connectivity index (χ4v) is 3.79. The van der Waals surface area contributed by atoms with Gasteiger partial charge in [0, 0.05) is 18.4 Å². The summed E-state index contributed by atoms with van der Waals surface area (Å²) in [6.07, 6.45) is -7.51. The van der Waals surface area contributed by atoms with Crippen molar-refractivity contribution in [2.75, 3.05) is 6.61 Å². The normalized spacial score (nSPS) is 33.5. The molecule has 1 aromatic heterocycles. The lowest BCUT2D eigenvalue weighted by Crippen LogP contribution is -2.58. The molecule has 0 unspecified atom stereocenters.